The molecule has 42 heavy (non-hydrogen) atoms. The van der Waals surface area contributed by atoms with Crippen molar-refractivity contribution in [2.45, 2.75) is 52.7 Å². The van der Waals surface area contributed by atoms with Gasteiger partial charge in [-0.15, -0.1) is 11.3 Å². The summed E-state index contributed by atoms with van der Waals surface area (Å²) in [5.74, 6) is 0.509. The molecule has 0 saturated carbocycles. The number of halogens is 1. The Bertz CT molecular complexity index is 1640. The standard InChI is InChI=1S/C30H33ClN6O4S/c1-7-19-21(8-9-22-23(19)24-25(42-22)26(38)34-16(2)14-32-24)35-17(3)40-27-20(15-33-28(31)36-27)18-10-12-37(13-11-18)29(39)41-30(4,5)6/h7-10,15-16,32H,1,11-14H2,2-6H3,(H,34,38)/t16-/m1/s1. The van der Waals surface area contributed by atoms with Crippen LogP contribution in [0.4, 0.5) is 16.2 Å². The maximum Gasteiger partial charge on any atom is 0.410 e. The molecule has 1 atom stereocenters. The number of thiophene rings is 1. The van der Waals surface area contributed by atoms with Gasteiger partial charge in [0.2, 0.25) is 11.2 Å². The topological polar surface area (TPSA) is 118 Å². The first-order valence-corrected chi connectivity index (χ1v) is 14.8. The highest BCUT2D eigenvalue weighted by atomic mass is 35.5. The zero-order valence-corrected chi connectivity index (χ0v) is 25.8. The quantitative estimate of drug-likeness (QED) is 0.193. The van der Waals surface area contributed by atoms with Crippen LogP contribution in [-0.2, 0) is 4.74 Å². The lowest BCUT2D eigenvalue weighted by atomic mass is 10.0. The highest BCUT2D eigenvalue weighted by Crippen LogP contribution is 2.42. The molecule has 5 rings (SSSR count). The average Bonchev–Trinajstić information content (AvgIpc) is 3.23. The van der Waals surface area contributed by atoms with Crippen molar-refractivity contribution in [3.8, 4) is 5.88 Å². The molecule has 1 aromatic carbocycles. The lowest BCUT2D eigenvalue weighted by Crippen LogP contribution is -2.39. The van der Waals surface area contributed by atoms with E-state index in [2.05, 4.69) is 27.2 Å². The second-order valence-corrected chi connectivity index (χ2v) is 12.5. The van der Waals surface area contributed by atoms with Gasteiger partial charge in [-0.05, 0) is 63.4 Å². The van der Waals surface area contributed by atoms with Crippen LogP contribution >= 0.6 is 22.9 Å². The number of nitrogens with zero attached hydrogens (tertiary/aromatic N) is 4. The molecule has 220 valence electrons. The fraction of sp³-hybridized carbons (Fsp3) is 0.367. The molecule has 2 aliphatic rings. The number of hydrogen-bond donors (Lipinski definition) is 2. The van der Waals surface area contributed by atoms with Gasteiger partial charge < -0.3 is 25.0 Å². The number of carbonyl (C=O) groups is 2. The van der Waals surface area contributed by atoms with Gasteiger partial charge in [0.05, 0.1) is 16.9 Å². The van der Waals surface area contributed by atoms with Crippen molar-refractivity contribution in [1.82, 2.24) is 20.2 Å². The molecule has 0 spiro atoms. The zero-order chi connectivity index (χ0) is 30.2. The van der Waals surface area contributed by atoms with Crippen molar-refractivity contribution < 1.29 is 19.1 Å². The third kappa shape index (κ3) is 6.27. The number of anilines is 1. The number of nitrogens with one attached hydrogen (secondary N) is 2. The number of rotatable bonds is 4. The van der Waals surface area contributed by atoms with Gasteiger partial charge >= 0.3 is 6.09 Å². The van der Waals surface area contributed by atoms with E-state index < -0.39 is 5.60 Å². The lowest BCUT2D eigenvalue weighted by molar-refractivity contribution is 0.0270. The molecule has 0 saturated heterocycles. The summed E-state index contributed by atoms with van der Waals surface area (Å²) >= 11 is 7.58. The number of aromatic nitrogens is 2. The molecule has 0 radical (unpaired) electrons. The highest BCUT2D eigenvalue weighted by molar-refractivity contribution is 7.21. The number of hydrogen-bond acceptors (Lipinski definition) is 9. The largest absolute Gasteiger partial charge is 0.444 e. The van der Waals surface area contributed by atoms with Crippen molar-refractivity contribution >= 4 is 73.9 Å². The normalized spacial score (nSPS) is 17.5. The van der Waals surface area contributed by atoms with Gasteiger partial charge in [0.15, 0.2) is 5.90 Å². The molecule has 2 aromatic heterocycles. The number of benzene rings is 1. The first-order chi connectivity index (χ1) is 19.9. The number of ether oxygens (including phenoxy) is 2. The van der Waals surface area contributed by atoms with Crippen LogP contribution in [0.25, 0.3) is 21.7 Å². The van der Waals surface area contributed by atoms with E-state index in [1.807, 2.05) is 45.9 Å². The van der Waals surface area contributed by atoms with Gasteiger partial charge in [0.25, 0.3) is 5.91 Å². The van der Waals surface area contributed by atoms with Crippen LogP contribution in [0.5, 0.6) is 5.88 Å². The van der Waals surface area contributed by atoms with Crippen LogP contribution in [0.15, 0.2) is 36.0 Å². The number of aliphatic imine (C=N–C) groups is 1. The van der Waals surface area contributed by atoms with Crippen LogP contribution in [-0.4, -0.2) is 64.0 Å². The smallest absolute Gasteiger partial charge is 0.410 e. The van der Waals surface area contributed by atoms with Gasteiger partial charge in [-0.3, -0.25) is 4.79 Å². The Kier molecular flexibility index (Phi) is 8.25. The maximum atomic E-state index is 12.8. The summed E-state index contributed by atoms with van der Waals surface area (Å²) in [6.45, 7) is 14.7. The third-order valence-electron chi connectivity index (χ3n) is 6.70. The van der Waals surface area contributed by atoms with Crippen molar-refractivity contribution in [3.63, 3.8) is 0 Å². The zero-order valence-electron chi connectivity index (χ0n) is 24.2. The summed E-state index contributed by atoms with van der Waals surface area (Å²) in [4.78, 5) is 40.8. The predicted molar refractivity (Wildman–Crippen MR) is 168 cm³/mol. The van der Waals surface area contributed by atoms with Gasteiger partial charge in [0, 0.05) is 54.4 Å². The minimum absolute atomic E-state index is 0.00437. The van der Waals surface area contributed by atoms with Gasteiger partial charge in [-0.2, -0.15) is 4.98 Å². The predicted octanol–water partition coefficient (Wildman–Crippen LogP) is 6.68. The average molecular weight is 609 g/mol. The molecule has 4 heterocycles. The first kappa shape index (κ1) is 29.5. The molecule has 12 heteroatoms. The molecular weight excluding hydrogens is 576 g/mol. The van der Waals surface area contributed by atoms with E-state index in [4.69, 9.17) is 26.1 Å². The molecule has 0 unspecified atom stereocenters. The lowest BCUT2D eigenvalue weighted by Gasteiger charge is -2.29. The SMILES string of the molecule is C=Cc1c(N=C(C)Oc2nc(Cl)ncc2C2=CCN(C(=O)OC(C)(C)C)CC2)ccc2sc3c(c12)NC[C@@H](C)NC3=O. The molecule has 0 aliphatic carbocycles. The number of amides is 2. The first-order valence-electron chi connectivity index (χ1n) is 13.6. The van der Waals surface area contributed by atoms with E-state index in [9.17, 15) is 9.59 Å². The van der Waals surface area contributed by atoms with Crippen molar-refractivity contribution in [1.29, 1.82) is 0 Å². The Morgan fingerprint density at radius 2 is 2.12 bits per heavy atom. The van der Waals surface area contributed by atoms with Crippen LogP contribution in [0.3, 0.4) is 0 Å². The Morgan fingerprint density at radius 3 is 2.81 bits per heavy atom. The second-order valence-electron chi connectivity index (χ2n) is 11.1. The molecule has 10 nitrogen and oxygen atoms in total. The van der Waals surface area contributed by atoms with Crippen LogP contribution < -0.4 is 15.4 Å². The minimum Gasteiger partial charge on any atom is -0.444 e. The number of carbonyl (C=O) groups excluding carboxylic acids is 2. The van der Waals surface area contributed by atoms with E-state index in [0.29, 0.717) is 48.1 Å². The summed E-state index contributed by atoms with van der Waals surface area (Å²) in [5, 5.41) is 7.37. The highest BCUT2D eigenvalue weighted by Gasteiger charge is 2.27. The Labute approximate surface area is 253 Å². The fourth-order valence-electron chi connectivity index (χ4n) is 4.82. The van der Waals surface area contributed by atoms with Gasteiger partial charge in [-0.25, -0.2) is 14.8 Å². The third-order valence-corrected chi connectivity index (χ3v) is 8.04. The van der Waals surface area contributed by atoms with Crippen molar-refractivity contribution in [2.24, 2.45) is 4.99 Å². The van der Waals surface area contributed by atoms with Gasteiger partial charge in [0.1, 0.15) is 10.5 Å². The van der Waals surface area contributed by atoms with E-state index in [-0.39, 0.29) is 29.2 Å². The summed E-state index contributed by atoms with van der Waals surface area (Å²) < 4.78 is 12.6. The second kappa shape index (κ2) is 11.7. The van der Waals surface area contributed by atoms with Crippen molar-refractivity contribution in [3.05, 3.63) is 52.3 Å². The Morgan fingerprint density at radius 1 is 1.33 bits per heavy atom. The summed E-state index contributed by atoms with van der Waals surface area (Å²) in [6, 6.07) is 3.83. The molecule has 2 N–H and O–H groups in total. The van der Waals surface area contributed by atoms with E-state index in [0.717, 1.165) is 26.9 Å². The Balaban J connectivity index is 1.43. The maximum absolute atomic E-state index is 12.8. The summed E-state index contributed by atoms with van der Waals surface area (Å²) in [7, 11) is 0. The van der Waals surface area contributed by atoms with E-state index in [1.165, 1.54) is 11.3 Å². The molecule has 0 fully saturated rings. The van der Waals surface area contributed by atoms with Crippen LogP contribution in [0, 0.1) is 0 Å². The molecule has 0 bridgehead atoms. The van der Waals surface area contributed by atoms with E-state index in [1.54, 1.807) is 24.1 Å². The summed E-state index contributed by atoms with van der Waals surface area (Å²) in [6.07, 6.45) is 5.51. The minimum atomic E-state index is -0.565. The summed E-state index contributed by atoms with van der Waals surface area (Å²) in [5.41, 5.74) is 3.26. The molecular formula is C30H33ClN6O4S. The van der Waals surface area contributed by atoms with Crippen molar-refractivity contribution in [2.75, 3.05) is 25.0 Å². The number of fused-ring (bicyclic) bond motifs is 3. The molecule has 2 aliphatic heterocycles. The molecule has 3 aromatic rings. The fourth-order valence-corrected chi connectivity index (χ4v) is 6.04. The van der Waals surface area contributed by atoms with Gasteiger partial charge in [-0.1, -0.05) is 18.7 Å². The molecule has 2 amide bonds. The monoisotopic (exact) mass is 608 g/mol. The Hall–Kier alpha value is -3.96. The van der Waals surface area contributed by atoms with E-state index >= 15 is 0 Å². The van der Waals surface area contributed by atoms with Crippen LogP contribution in [0.1, 0.15) is 61.8 Å². The van der Waals surface area contributed by atoms with Crippen LogP contribution in [0.2, 0.25) is 5.28 Å².